The number of aromatic nitrogens is 4. The van der Waals surface area contributed by atoms with Gasteiger partial charge in [-0.25, -0.2) is 9.37 Å². The summed E-state index contributed by atoms with van der Waals surface area (Å²) in [4.78, 5) is 15.6. The fourth-order valence-corrected chi connectivity index (χ4v) is 1.65. The van der Waals surface area contributed by atoms with Gasteiger partial charge in [-0.15, -0.1) is 10.2 Å². The van der Waals surface area contributed by atoms with Gasteiger partial charge in [-0.3, -0.25) is 4.79 Å². The van der Waals surface area contributed by atoms with Gasteiger partial charge in [0.1, 0.15) is 18.0 Å². The van der Waals surface area contributed by atoms with Crippen LogP contribution >= 0.6 is 0 Å². The van der Waals surface area contributed by atoms with E-state index in [1.54, 1.807) is 18.5 Å². The maximum Gasteiger partial charge on any atom is 0.255 e. The number of rotatable bonds is 3. The molecule has 8 heteroatoms. The first-order valence-corrected chi connectivity index (χ1v) is 5.55. The highest BCUT2D eigenvalue weighted by Gasteiger charge is 2.18. The van der Waals surface area contributed by atoms with E-state index in [9.17, 15) is 9.18 Å². The molecule has 0 aliphatic carbocycles. The summed E-state index contributed by atoms with van der Waals surface area (Å²) in [6.45, 7) is 1.74. The summed E-state index contributed by atoms with van der Waals surface area (Å²) in [6, 6.07) is 0.656. The quantitative estimate of drug-likeness (QED) is 0.837. The first kappa shape index (κ1) is 12.9. The smallest absolute Gasteiger partial charge is 0.255 e. The van der Waals surface area contributed by atoms with Gasteiger partial charge >= 0.3 is 0 Å². The molecular weight excluding hydrogens is 251 g/mol. The van der Waals surface area contributed by atoms with E-state index in [2.05, 4.69) is 20.5 Å². The molecule has 3 N–H and O–H groups in total. The van der Waals surface area contributed by atoms with Crippen LogP contribution in [0.1, 0.15) is 29.1 Å². The number of anilines is 1. The van der Waals surface area contributed by atoms with Gasteiger partial charge in [0.2, 0.25) is 0 Å². The highest BCUT2D eigenvalue weighted by Crippen LogP contribution is 2.13. The Kier molecular flexibility index (Phi) is 3.41. The zero-order valence-electron chi connectivity index (χ0n) is 10.5. The molecule has 0 fully saturated rings. The number of carbonyl (C=O) groups is 1. The Balaban J connectivity index is 2.17. The largest absolute Gasteiger partial charge is 0.383 e. The molecule has 0 aliphatic rings. The summed E-state index contributed by atoms with van der Waals surface area (Å²) in [7, 11) is 1.76. The van der Waals surface area contributed by atoms with Gasteiger partial charge in [0.25, 0.3) is 5.91 Å². The number of nitrogens with zero attached hydrogens (tertiary/aromatic N) is 4. The molecule has 7 nitrogen and oxygen atoms in total. The minimum Gasteiger partial charge on any atom is -0.383 e. The van der Waals surface area contributed by atoms with E-state index in [1.807, 2.05) is 0 Å². The summed E-state index contributed by atoms with van der Waals surface area (Å²) in [5.41, 5.74) is 5.54. The van der Waals surface area contributed by atoms with Gasteiger partial charge < -0.3 is 15.6 Å². The molecule has 2 aromatic rings. The number of nitrogens with two attached hydrogens (primary N) is 1. The number of carbonyl (C=O) groups excluding carboxylic acids is 1. The normalized spacial score (nSPS) is 12.2. The third kappa shape index (κ3) is 2.67. The average molecular weight is 264 g/mol. The van der Waals surface area contributed by atoms with Crippen molar-refractivity contribution in [1.82, 2.24) is 25.1 Å². The maximum absolute atomic E-state index is 13.1. The number of hydrogen-bond acceptors (Lipinski definition) is 5. The van der Waals surface area contributed by atoms with Crippen molar-refractivity contribution < 1.29 is 9.18 Å². The summed E-state index contributed by atoms with van der Waals surface area (Å²) in [6.07, 6.45) is 2.48. The highest BCUT2D eigenvalue weighted by molar-refractivity contribution is 5.98. The minimum atomic E-state index is -0.620. The van der Waals surface area contributed by atoms with Crippen molar-refractivity contribution in [1.29, 1.82) is 0 Å². The first-order valence-electron chi connectivity index (χ1n) is 5.55. The number of pyridine rings is 1. The predicted molar refractivity (Wildman–Crippen MR) is 65.5 cm³/mol. The van der Waals surface area contributed by atoms with E-state index in [1.165, 1.54) is 6.33 Å². The van der Waals surface area contributed by atoms with Gasteiger partial charge in [0, 0.05) is 7.05 Å². The van der Waals surface area contributed by atoms with Gasteiger partial charge in [0.05, 0.1) is 17.8 Å². The van der Waals surface area contributed by atoms with Crippen LogP contribution in [0.15, 0.2) is 18.6 Å². The zero-order chi connectivity index (χ0) is 14.0. The van der Waals surface area contributed by atoms with E-state index in [-0.39, 0.29) is 17.4 Å². The van der Waals surface area contributed by atoms with Crippen molar-refractivity contribution in [2.75, 3.05) is 5.73 Å². The predicted octanol–water partition coefficient (Wildman–Crippen LogP) is 0.422. The lowest BCUT2D eigenvalue weighted by Crippen LogP contribution is -2.29. The molecule has 19 heavy (non-hydrogen) atoms. The molecule has 2 heterocycles. The van der Waals surface area contributed by atoms with Crippen molar-refractivity contribution in [3.05, 3.63) is 35.8 Å². The van der Waals surface area contributed by atoms with Crippen LogP contribution in [0.25, 0.3) is 0 Å². The molecule has 2 aromatic heterocycles. The third-order valence-electron chi connectivity index (χ3n) is 2.61. The van der Waals surface area contributed by atoms with E-state index in [0.29, 0.717) is 5.82 Å². The summed E-state index contributed by atoms with van der Waals surface area (Å²) >= 11 is 0. The topological polar surface area (TPSA) is 98.7 Å². The van der Waals surface area contributed by atoms with E-state index >= 15 is 0 Å². The monoisotopic (exact) mass is 264 g/mol. The molecule has 1 amide bonds. The minimum absolute atomic E-state index is 0.00554. The number of nitrogens with one attached hydrogen (secondary N) is 1. The maximum atomic E-state index is 13.1. The van der Waals surface area contributed by atoms with E-state index in [0.717, 1.165) is 12.3 Å². The number of aryl methyl sites for hydroxylation is 1. The van der Waals surface area contributed by atoms with Crippen LogP contribution in [0.4, 0.5) is 10.2 Å². The first-order chi connectivity index (χ1) is 8.99. The van der Waals surface area contributed by atoms with Crippen LogP contribution in [-0.2, 0) is 7.05 Å². The molecule has 0 bridgehead atoms. The third-order valence-corrected chi connectivity index (χ3v) is 2.61. The van der Waals surface area contributed by atoms with Crippen molar-refractivity contribution in [2.24, 2.45) is 7.05 Å². The molecule has 0 saturated carbocycles. The lowest BCUT2D eigenvalue weighted by atomic mass is 10.2. The summed E-state index contributed by atoms with van der Waals surface area (Å²) in [5.74, 6) is -0.578. The second-order valence-corrected chi connectivity index (χ2v) is 4.08. The summed E-state index contributed by atoms with van der Waals surface area (Å²) in [5, 5.41) is 10.3. The molecule has 1 unspecified atom stereocenters. The molecule has 2 rings (SSSR count). The van der Waals surface area contributed by atoms with Crippen molar-refractivity contribution in [3.63, 3.8) is 0 Å². The molecule has 0 aromatic carbocycles. The Hall–Kier alpha value is -2.51. The van der Waals surface area contributed by atoms with E-state index < -0.39 is 11.7 Å². The second-order valence-electron chi connectivity index (χ2n) is 4.08. The van der Waals surface area contributed by atoms with Crippen LogP contribution in [0.5, 0.6) is 0 Å². The second kappa shape index (κ2) is 5.01. The van der Waals surface area contributed by atoms with Crippen molar-refractivity contribution >= 4 is 11.7 Å². The lowest BCUT2D eigenvalue weighted by molar-refractivity contribution is 0.0938. The van der Waals surface area contributed by atoms with Crippen LogP contribution < -0.4 is 11.1 Å². The molecule has 0 aliphatic heterocycles. The Labute approximate surface area is 108 Å². The summed E-state index contributed by atoms with van der Waals surface area (Å²) < 4.78 is 14.7. The Morgan fingerprint density at radius 2 is 2.32 bits per heavy atom. The van der Waals surface area contributed by atoms with Gasteiger partial charge in [-0.2, -0.15) is 0 Å². The van der Waals surface area contributed by atoms with Gasteiger partial charge in [0.15, 0.2) is 5.82 Å². The van der Waals surface area contributed by atoms with Crippen LogP contribution in [0.2, 0.25) is 0 Å². The van der Waals surface area contributed by atoms with Crippen LogP contribution in [0.3, 0.4) is 0 Å². The molecule has 0 radical (unpaired) electrons. The van der Waals surface area contributed by atoms with E-state index in [4.69, 9.17) is 5.73 Å². The van der Waals surface area contributed by atoms with Crippen LogP contribution in [-0.4, -0.2) is 25.7 Å². The molecule has 1 atom stereocenters. The SMILES string of the molecule is CC(NC(=O)c1cc(F)cnc1N)c1nncn1C. The number of nitrogen functional groups attached to an aromatic ring is 1. The Bertz CT molecular complexity index is 611. The fourth-order valence-electron chi connectivity index (χ4n) is 1.65. The van der Waals surface area contributed by atoms with Gasteiger partial charge in [-0.05, 0) is 13.0 Å². The molecule has 100 valence electrons. The molecule has 0 spiro atoms. The van der Waals surface area contributed by atoms with Crippen LogP contribution in [0, 0.1) is 5.82 Å². The highest BCUT2D eigenvalue weighted by atomic mass is 19.1. The lowest BCUT2D eigenvalue weighted by Gasteiger charge is -2.13. The zero-order valence-corrected chi connectivity index (χ0v) is 10.5. The van der Waals surface area contributed by atoms with Gasteiger partial charge in [-0.1, -0.05) is 0 Å². The average Bonchev–Trinajstić information content (AvgIpc) is 2.78. The standard InChI is InChI=1S/C11H13FN6O/c1-6(10-17-15-5-18(10)2)16-11(19)8-3-7(12)4-14-9(8)13/h3-6H,1-2H3,(H2,13,14)(H,16,19). The van der Waals surface area contributed by atoms with Crippen molar-refractivity contribution in [2.45, 2.75) is 13.0 Å². The van der Waals surface area contributed by atoms with Crippen molar-refractivity contribution in [3.8, 4) is 0 Å². The number of hydrogen-bond donors (Lipinski definition) is 2. The fraction of sp³-hybridized carbons (Fsp3) is 0.273. The number of amides is 1. The number of halogens is 1. The Morgan fingerprint density at radius 1 is 1.58 bits per heavy atom. The Morgan fingerprint density at radius 3 is 2.95 bits per heavy atom. The molecular formula is C11H13FN6O. The molecule has 0 saturated heterocycles.